The van der Waals surface area contributed by atoms with Crippen molar-refractivity contribution in [2.24, 2.45) is 5.92 Å². The van der Waals surface area contributed by atoms with Crippen molar-refractivity contribution in [1.82, 2.24) is 4.90 Å². The van der Waals surface area contributed by atoms with Crippen LogP contribution in [0.3, 0.4) is 0 Å². The van der Waals surface area contributed by atoms with Crippen molar-refractivity contribution in [3.63, 3.8) is 0 Å². The molecule has 1 amide bonds. The van der Waals surface area contributed by atoms with E-state index < -0.39 is 11.5 Å². The molecule has 0 aromatic carbocycles. The number of carboxylic acid groups (broad SMARTS) is 1. The predicted molar refractivity (Wildman–Crippen MR) is 72.2 cm³/mol. The minimum atomic E-state index is -0.989. The summed E-state index contributed by atoms with van der Waals surface area (Å²) in [5.74, 6) is -1.00. The summed E-state index contributed by atoms with van der Waals surface area (Å²) in [5, 5.41) is 9.66. The lowest BCUT2D eigenvalue weighted by atomic mass is 9.79. The van der Waals surface area contributed by atoms with Crippen LogP contribution in [0, 0.1) is 5.92 Å². The van der Waals surface area contributed by atoms with Crippen molar-refractivity contribution >= 4 is 11.9 Å². The van der Waals surface area contributed by atoms with Gasteiger partial charge in [0.15, 0.2) is 0 Å². The van der Waals surface area contributed by atoms with Crippen LogP contribution in [0.2, 0.25) is 0 Å². The van der Waals surface area contributed by atoms with E-state index in [1.165, 1.54) is 4.90 Å². The smallest absolute Gasteiger partial charge is 0.329 e. The standard InChI is InChI=1S/C15H23NO4/c1-16(15(14(18)19)7-3-2-4-8-15)13(17)11-9-10-5-6-12(11)20-10/h10-12H,2-9H2,1H3,(H,18,19). The number of ether oxygens (including phenoxy) is 1. The highest BCUT2D eigenvalue weighted by molar-refractivity contribution is 5.88. The SMILES string of the molecule is CN(C(=O)C1CC2CCC1O2)C1(C(=O)O)CCCCC1. The lowest BCUT2D eigenvalue weighted by Crippen LogP contribution is -2.58. The monoisotopic (exact) mass is 281 g/mol. The summed E-state index contributed by atoms with van der Waals surface area (Å²) in [6.45, 7) is 0. The van der Waals surface area contributed by atoms with Gasteiger partial charge in [0.25, 0.3) is 0 Å². The van der Waals surface area contributed by atoms with Gasteiger partial charge in [-0.1, -0.05) is 19.3 Å². The molecule has 3 aliphatic rings. The van der Waals surface area contributed by atoms with E-state index in [1.807, 2.05) is 0 Å². The first kappa shape index (κ1) is 13.9. The number of carbonyl (C=O) groups excluding carboxylic acids is 1. The fraction of sp³-hybridized carbons (Fsp3) is 0.867. The number of likely N-dealkylation sites (N-methyl/N-ethyl adjacent to an activating group) is 1. The Morgan fingerprint density at radius 3 is 2.40 bits per heavy atom. The zero-order valence-corrected chi connectivity index (χ0v) is 12.0. The Kier molecular flexibility index (Phi) is 3.48. The second-order valence-corrected chi connectivity index (χ2v) is 6.51. The summed E-state index contributed by atoms with van der Waals surface area (Å²) in [4.78, 5) is 26.0. The molecule has 1 aliphatic carbocycles. The average Bonchev–Trinajstić information content (AvgIpc) is 3.09. The van der Waals surface area contributed by atoms with Crippen LogP contribution < -0.4 is 0 Å². The third-order valence-electron chi connectivity index (χ3n) is 5.47. The topological polar surface area (TPSA) is 66.8 Å². The Morgan fingerprint density at radius 1 is 1.20 bits per heavy atom. The van der Waals surface area contributed by atoms with Gasteiger partial charge in [-0.25, -0.2) is 4.79 Å². The Labute approximate surface area is 119 Å². The molecule has 2 heterocycles. The molecule has 0 spiro atoms. The first-order valence-electron chi connectivity index (χ1n) is 7.71. The lowest BCUT2D eigenvalue weighted by Gasteiger charge is -2.42. The number of hydrogen-bond acceptors (Lipinski definition) is 3. The molecule has 112 valence electrons. The van der Waals surface area contributed by atoms with Gasteiger partial charge in [0.2, 0.25) is 5.91 Å². The highest BCUT2D eigenvalue weighted by Gasteiger charge is 2.51. The molecule has 3 unspecified atom stereocenters. The van der Waals surface area contributed by atoms with Crippen molar-refractivity contribution in [1.29, 1.82) is 0 Å². The molecule has 2 bridgehead atoms. The van der Waals surface area contributed by atoms with Gasteiger partial charge in [0.05, 0.1) is 18.1 Å². The maximum Gasteiger partial charge on any atom is 0.329 e. The average molecular weight is 281 g/mol. The summed E-state index contributed by atoms with van der Waals surface area (Å²) >= 11 is 0. The summed E-state index contributed by atoms with van der Waals surface area (Å²) in [7, 11) is 1.67. The van der Waals surface area contributed by atoms with Crippen LogP contribution >= 0.6 is 0 Å². The molecule has 20 heavy (non-hydrogen) atoms. The molecular weight excluding hydrogens is 258 g/mol. The normalized spacial score (nSPS) is 35.0. The first-order chi connectivity index (χ1) is 9.54. The van der Waals surface area contributed by atoms with E-state index in [0.717, 1.165) is 38.5 Å². The summed E-state index contributed by atoms with van der Waals surface area (Å²) < 4.78 is 5.74. The number of nitrogens with zero attached hydrogens (tertiary/aromatic N) is 1. The third kappa shape index (κ3) is 2.03. The van der Waals surface area contributed by atoms with E-state index in [2.05, 4.69) is 0 Å². The second kappa shape index (κ2) is 5.02. The van der Waals surface area contributed by atoms with E-state index in [0.29, 0.717) is 12.8 Å². The van der Waals surface area contributed by atoms with E-state index in [4.69, 9.17) is 4.74 Å². The lowest BCUT2D eigenvalue weighted by molar-refractivity contribution is -0.162. The van der Waals surface area contributed by atoms with Gasteiger partial charge in [-0.3, -0.25) is 4.79 Å². The van der Waals surface area contributed by atoms with Crippen LogP contribution in [0.4, 0.5) is 0 Å². The Balaban J connectivity index is 1.77. The molecule has 1 saturated carbocycles. The summed E-state index contributed by atoms with van der Waals surface area (Å²) in [6, 6.07) is 0. The number of fused-ring (bicyclic) bond motifs is 2. The Hall–Kier alpha value is -1.10. The van der Waals surface area contributed by atoms with Crippen molar-refractivity contribution < 1.29 is 19.4 Å². The van der Waals surface area contributed by atoms with E-state index in [-0.39, 0.29) is 24.0 Å². The van der Waals surface area contributed by atoms with Crippen LogP contribution in [0.1, 0.15) is 51.4 Å². The molecule has 3 fully saturated rings. The Morgan fingerprint density at radius 2 is 1.90 bits per heavy atom. The van der Waals surface area contributed by atoms with Crippen molar-refractivity contribution in [3.05, 3.63) is 0 Å². The zero-order chi connectivity index (χ0) is 14.3. The highest BCUT2D eigenvalue weighted by atomic mass is 16.5. The fourth-order valence-corrected chi connectivity index (χ4v) is 4.19. The fourth-order valence-electron chi connectivity index (χ4n) is 4.19. The quantitative estimate of drug-likeness (QED) is 0.856. The molecule has 0 aromatic heterocycles. The van der Waals surface area contributed by atoms with Gasteiger partial charge in [0.1, 0.15) is 5.54 Å². The van der Waals surface area contributed by atoms with E-state index in [1.54, 1.807) is 7.05 Å². The van der Waals surface area contributed by atoms with E-state index in [9.17, 15) is 14.7 Å². The maximum absolute atomic E-state index is 12.7. The van der Waals surface area contributed by atoms with Crippen molar-refractivity contribution in [3.8, 4) is 0 Å². The number of aliphatic carboxylic acids is 1. The number of rotatable bonds is 3. The molecule has 2 saturated heterocycles. The minimum Gasteiger partial charge on any atom is -0.479 e. The van der Waals surface area contributed by atoms with Crippen molar-refractivity contribution in [2.45, 2.75) is 69.1 Å². The van der Waals surface area contributed by atoms with Crippen LogP contribution in [0.5, 0.6) is 0 Å². The maximum atomic E-state index is 12.7. The van der Waals surface area contributed by atoms with Gasteiger partial charge in [0, 0.05) is 7.05 Å². The molecular formula is C15H23NO4. The van der Waals surface area contributed by atoms with Gasteiger partial charge in [-0.2, -0.15) is 0 Å². The van der Waals surface area contributed by atoms with E-state index >= 15 is 0 Å². The molecule has 0 radical (unpaired) electrons. The zero-order valence-electron chi connectivity index (χ0n) is 12.0. The van der Waals surface area contributed by atoms with Gasteiger partial charge in [-0.05, 0) is 32.1 Å². The molecule has 1 N–H and O–H groups in total. The number of carbonyl (C=O) groups is 2. The highest BCUT2D eigenvalue weighted by Crippen LogP contribution is 2.42. The van der Waals surface area contributed by atoms with Crippen molar-refractivity contribution in [2.75, 3.05) is 7.05 Å². The van der Waals surface area contributed by atoms with Gasteiger partial charge in [-0.15, -0.1) is 0 Å². The Bertz CT molecular complexity index is 416. The molecule has 3 atom stereocenters. The number of carboxylic acids is 1. The molecule has 0 aromatic rings. The molecule has 5 heteroatoms. The largest absolute Gasteiger partial charge is 0.479 e. The van der Waals surface area contributed by atoms with Gasteiger partial charge < -0.3 is 14.7 Å². The van der Waals surface area contributed by atoms with Crippen LogP contribution in [-0.2, 0) is 14.3 Å². The number of amides is 1. The molecule has 5 nitrogen and oxygen atoms in total. The third-order valence-corrected chi connectivity index (χ3v) is 5.47. The van der Waals surface area contributed by atoms with Gasteiger partial charge >= 0.3 is 5.97 Å². The molecule has 2 aliphatic heterocycles. The summed E-state index contributed by atoms with van der Waals surface area (Å²) in [6.07, 6.45) is 6.97. The number of hydrogen-bond donors (Lipinski definition) is 1. The van der Waals surface area contributed by atoms with Crippen LogP contribution in [0.25, 0.3) is 0 Å². The van der Waals surface area contributed by atoms with Crippen LogP contribution in [0.15, 0.2) is 0 Å². The minimum absolute atomic E-state index is 0.0179. The van der Waals surface area contributed by atoms with Crippen LogP contribution in [-0.4, -0.2) is 46.7 Å². The summed E-state index contributed by atoms with van der Waals surface area (Å²) in [5.41, 5.74) is -0.989. The second-order valence-electron chi connectivity index (χ2n) is 6.51. The predicted octanol–water partition coefficient (Wildman–Crippen LogP) is 1.80. The first-order valence-corrected chi connectivity index (χ1v) is 7.71. The molecule has 3 rings (SSSR count).